The van der Waals surface area contributed by atoms with Gasteiger partial charge in [0.05, 0.1) is 18.3 Å². The molecule has 0 radical (unpaired) electrons. The molecule has 5 heteroatoms. The Morgan fingerprint density at radius 2 is 2.10 bits per heavy atom. The predicted molar refractivity (Wildman–Crippen MR) is 73.9 cm³/mol. The highest BCUT2D eigenvalue weighted by atomic mass is 16.5. The number of aryl methyl sites for hydroxylation is 1. The lowest BCUT2D eigenvalue weighted by molar-refractivity contribution is 0.251. The number of hydrogen-bond acceptors (Lipinski definition) is 5. The standard InChI is InChI=1S/C15H14N2O3/c1-10-7-12(20-17-10)9-19-15-5-6-16-14-8-11(18-2)3-4-13(14)15/h3-8H,9H2,1-2H3. The smallest absolute Gasteiger partial charge is 0.174 e. The van der Waals surface area contributed by atoms with Crippen molar-refractivity contribution in [3.63, 3.8) is 0 Å². The highest BCUT2D eigenvalue weighted by Crippen LogP contribution is 2.27. The van der Waals surface area contributed by atoms with E-state index in [-0.39, 0.29) is 0 Å². The maximum absolute atomic E-state index is 5.78. The summed E-state index contributed by atoms with van der Waals surface area (Å²) in [6.45, 7) is 2.22. The van der Waals surface area contributed by atoms with E-state index < -0.39 is 0 Å². The minimum atomic E-state index is 0.339. The van der Waals surface area contributed by atoms with Crippen LogP contribution < -0.4 is 9.47 Å². The van der Waals surface area contributed by atoms with Crippen LogP contribution in [0.2, 0.25) is 0 Å². The van der Waals surface area contributed by atoms with Crippen molar-refractivity contribution >= 4 is 10.9 Å². The van der Waals surface area contributed by atoms with E-state index in [2.05, 4.69) is 10.1 Å². The first kappa shape index (κ1) is 12.5. The number of hydrogen-bond donors (Lipinski definition) is 0. The van der Waals surface area contributed by atoms with E-state index in [1.54, 1.807) is 13.3 Å². The van der Waals surface area contributed by atoms with E-state index in [1.807, 2.05) is 37.3 Å². The molecule has 5 nitrogen and oxygen atoms in total. The summed E-state index contributed by atoms with van der Waals surface area (Å²) in [5, 5.41) is 4.76. The minimum absolute atomic E-state index is 0.339. The largest absolute Gasteiger partial charge is 0.497 e. The van der Waals surface area contributed by atoms with Crippen LogP contribution in [0.3, 0.4) is 0 Å². The maximum Gasteiger partial charge on any atom is 0.174 e. The van der Waals surface area contributed by atoms with Gasteiger partial charge in [-0.05, 0) is 25.1 Å². The minimum Gasteiger partial charge on any atom is -0.497 e. The Bertz CT molecular complexity index is 737. The quantitative estimate of drug-likeness (QED) is 0.729. The second-order valence-corrected chi connectivity index (χ2v) is 4.42. The average Bonchev–Trinajstić information content (AvgIpc) is 2.90. The first-order chi connectivity index (χ1) is 9.76. The van der Waals surface area contributed by atoms with Gasteiger partial charge < -0.3 is 14.0 Å². The first-order valence-corrected chi connectivity index (χ1v) is 6.24. The molecule has 0 N–H and O–H groups in total. The Balaban J connectivity index is 1.87. The lowest BCUT2D eigenvalue weighted by Crippen LogP contribution is -1.95. The molecular weight excluding hydrogens is 256 g/mol. The lowest BCUT2D eigenvalue weighted by atomic mass is 10.2. The molecule has 0 saturated heterocycles. The zero-order valence-corrected chi connectivity index (χ0v) is 11.3. The summed E-state index contributed by atoms with van der Waals surface area (Å²) in [4.78, 5) is 4.31. The summed E-state index contributed by atoms with van der Waals surface area (Å²) in [7, 11) is 1.63. The van der Waals surface area contributed by atoms with Crippen molar-refractivity contribution in [2.75, 3.05) is 7.11 Å². The molecule has 0 aliphatic heterocycles. The van der Waals surface area contributed by atoms with Gasteiger partial charge in [0.15, 0.2) is 5.76 Å². The monoisotopic (exact) mass is 270 g/mol. The van der Waals surface area contributed by atoms with Gasteiger partial charge in [-0.1, -0.05) is 5.16 Å². The fourth-order valence-corrected chi connectivity index (χ4v) is 1.99. The van der Waals surface area contributed by atoms with Crippen molar-refractivity contribution in [2.24, 2.45) is 0 Å². The van der Waals surface area contributed by atoms with Gasteiger partial charge in [-0.3, -0.25) is 4.98 Å². The highest BCUT2D eigenvalue weighted by molar-refractivity contribution is 5.85. The molecule has 102 valence electrons. The number of aromatic nitrogens is 2. The number of nitrogens with zero attached hydrogens (tertiary/aromatic N) is 2. The molecule has 0 spiro atoms. The molecule has 0 aliphatic rings. The van der Waals surface area contributed by atoms with Crippen LogP contribution in [0.15, 0.2) is 41.1 Å². The number of benzene rings is 1. The molecule has 1 aromatic carbocycles. The van der Waals surface area contributed by atoms with Crippen LogP contribution in [0.1, 0.15) is 11.5 Å². The van der Waals surface area contributed by atoms with Gasteiger partial charge in [-0.15, -0.1) is 0 Å². The summed E-state index contributed by atoms with van der Waals surface area (Å²) >= 11 is 0. The number of methoxy groups -OCH3 is 1. The normalized spacial score (nSPS) is 10.7. The molecule has 0 saturated carbocycles. The van der Waals surface area contributed by atoms with Gasteiger partial charge >= 0.3 is 0 Å². The van der Waals surface area contributed by atoms with Gasteiger partial charge in [-0.2, -0.15) is 0 Å². The van der Waals surface area contributed by atoms with Gasteiger partial charge in [0.2, 0.25) is 0 Å². The number of fused-ring (bicyclic) bond motifs is 1. The molecule has 0 bridgehead atoms. The Hall–Kier alpha value is -2.56. The van der Waals surface area contributed by atoms with Gasteiger partial charge in [-0.25, -0.2) is 0 Å². The SMILES string of the molecule is COc1ccc2c(OCc3cc(C)no3)ccnc2c1. The van der Waals surface area contributed by atoms with Crippen LogP contribution in [0, 0.1) is 6.92 Å². The van der Waals surface area contributed by atoms with Crippen molar-refractivity contribution in [1.29, 1.82) is 0 Å². The fraction of sp³-hybridized carbons (Fsp3) is 0.200. The molecule has 0 aliphatic carbocycles. The molecule has 3 aromatic rings. The van der Waals surface area contributed by atoms with Crippen LogP contribution >= 0.6 is 0 Å². The first-order valence-electron chi connectivity index (χ1n) is 6.24. The third kappa shape index (κ3) is 2.42. The Labute approximate surface area is 116 Å². The van der Waals surface area contributed by atoms with Crippen LogP contribution in [-0.4, -0.2) is 17.3 Å². The lowest BCUT2D eigenvalue weighted by Gasteiger charge is -2.08. The second kappa shape index (κ2) is 5.21. The van der Waals surface area contributed by atoms with E-state index in [9.17, 15) is 0 Å². The number of ether oxygens (including phenoxy) is 2. The van der Waals surface area contributed by atoms with Crippen molar-refractivity contribution in [2.45, 2.75) is 13.5 Å². The van der Waals surface area contributed by atoms with Gasteiger partial charge in [0.1, 0.15) is 18.1 Å². The van der Waals surface area contributed by atoms with Gasteiger partial charge in [0, 0.05) is 23.7 Å². The summed E-state index contributed by atoms with van der Waals surface area (Å²) in [5.74, 6) is 2.22. The predicted octanol–water partition coefficient (Wildman–Crippen LogP) is 3.12. The Kier molecular flexibility index (Phi) is 3.25. The van der Waals surface area contributed by atoms with E-state index in [0.717, 1.165) is 28.1 Å². The molecular formula is C15H14N2O3. The third-order valence-electron chi connectivity index (χ3n) is 2.96. The van der Waals surface area contributed by atoms with Crippen molar-refractivity contribution < 1.29 is 14.0 Å². The van der Waals surface area contributed by atoms with Crippen LogP contribution in [-0.2, 0) is 6.61 Å². The zero-order chi connectivity index (χ0) is 13.9. The summed E-state index contributed by atoms with van der Waals surface area (Å²) in [6.07, 6.45) is 1.71. The molecule has 0 unspecified atom stereocenters. The highest BCUT2D eigenvalue weighted by Gasteiger charge is 2.07. The summed E-state index contributed by atoms with van der Waals surface area (Å²) in [6, 6.07) is 9.38. The molecule has 0 amide bonds. The summed E-state index contributed by atoms with van der Waals surface area (Å²) < 4.78 is 16.1. The molecule has 0 atom stereocenters. The summed E-state index contributed by atoms with van der Waals surface area (Å²) in [5.41, 5.74) is 1.67. The Morgan fingerprint density at radius 1 is 1.20 bits per heavy atom. The number of rotatable bonds is 4. The molecule has 2 aromatic heterocycles. The average molecular weight is 270 g/mol. The van der Waals surface area contributed by atoms with E-state index in [1.165, 1.54) is 0 Å². The second-order valence-electron chi connectivity index (χ2n) is 4.42. The Morgan fingerprint density at radius 3 is 2.85 bits per heavy atom. The topological polar surface area (TPSA) is 57.4 Å². The van der Waals surface area contributed by atoms with Gasteiger partial charge in [0.25, 0.3) is 0 Å². The molecule has 20 heavy (non-hydrogen) atoms. The van der Waals surface area contributed by atoms with Crippen LogP contribution in [0.4, 0.5) is 0 Å². The van der Waals surface area contributed by atoms with E-state index >= 15 is 0 Å². The van der Waals surface area contributed by atoms with Crippen molar-refractivity contribution in [1.82, 2.24) is 10.1 Å². The maximum atomic E-state index is 5.78. The third-order valence-corrected chi connectivity index (χ3v) is 2.96. The van der Waals surface area contributed by atoms with E-state index in [4.69, 9.17) is 14.0 Å². The zero-order valence-electron chi connectivity index (χ0n) is 11.3. The van der Waals surface area contributed by atoms with Crippen molar-refractivity contribution in [3.8, 4) is 11.5 Å². The van der Waals surface area contributed by atoms with Crippen LogP contribution in [0.5, 0.6) is 11.5 Å². The van der Waals surface area contributed by atoms with Crippen molar-refractivity contribution in [3.05, 3.63) is 48.0 Å². The van der Waals surface area contributed by atoms with Crippen LogP contribution in [0.25, 0.3) is 10.9 Å². The molecule has 0 fully saturated rings. The molecule has 2 heterocycles. The van der Waals surface area contributed by atoms with E-state index in [0.29, 0.717) is 12.4 Å². The fourth-order valence-electron chi connectivity index (χ4n) is 1.99. The molecule has 3 rings (SSSR count). The number of pyridine rings is 1.